The fourth-order valence-electron chi connectivity index (χ4n) is 0.459. The zero-order valence-electron chi connectivity index (χ0n) is 6.06. The fraction of sp³-hybridized carbons (Fsp3) is 0.571. The molecule has 0 aliphatic rings. The summed E-state index contributed by atoms with van der Waals surface area (Å²) in [6.07, 6.45) is 4.02. The van der Waals surface area contributed by atoms with Crippen LogP contribution in [0.15, 0.2) is 12.2 Å². The SMILES string of the molecule is CCCNC(=O)/C=C/CCl. The zero-order chi connectivity index (χ0) is 7.82. The summed E-state index contributed by atoms with van der Waals surface area (Å²) in [5, 5.41) is 2.68. The van der Waals surface area contributed by atoms with E-state index in [1.165, 1.54) is 6.08 Å². The highest BCUT2D eigenvalue weighted by Gasteiger charge is 1.89. The molecule has 0 aliphatic carbocycles. The van der Waals surface area contributed by atoms with Crippen LogP contribution in [0.5, 0.6) is 0 Å². The van der Waals surface area contributed by atoms with Crippen LogP contribution in [-0.4, -0.2) is 18.3 Å². The van der Waals surface area contributed by atoms with Gasteiger partial charge < -0.3 is 5.32 Å². The molecule has 3 heteroatoms. The second kappa shape index (κ2) is 6.62. The Morgan fingerprint density at radius 3 is 2.90 bits per heavy atom. The van der Waals surface area contributed by atoms with E-state index in [4.69, 9.17) is 11.6 Å². The number of alkyl halides is 1. The second-order valence-corrected chi connectivity index (χ2v) is 2.16. The van der Waals surface area contributed by atoms with Crippen molar-refractivity contribution in [1.29, 1.82) is 0 Å². The molecular weight excluding hydrogens is 150 g/mol. The summed E-state index contributed by atoms with van der Waals surface area (Å²) in [5.74, 6) is 0.321. The molecule has 0 atom stereocenters. The number of hydrogen-bond donors (Lipinski definition) is 1. The topological polar surface area (TPSA) is 29.1 Å². The highest BCUT2D eigenvalue weighted by Crippen LogP contribution is 1.78. The van der Waals surface area contributed by atoms with Gasteiger partial charge in [0.25, 0.3) is 0 Å². The van der Waals surface area contributed by atoms with Gasteiger partial charge in [-0.1, -0.05) is 13.0 Å². The lowest BCUT2D eigenvalue weighted by Gasteiger charge is -1.95. The number of hydrogen-bond acceptors (Lipinski definition) is 1. The number of halogens is 1. The van der Waals surface area contributed by atoms with Gasteiger partial charge in [-0.15, -0.1) is 11.6 Å². The Labute approximate surface area is 66.3 Å². The van der Waals surface area contributed by atoms with Crippen molar-refractivity contribution < 1.29 is 4.79 Å². The Morgan fingerprint density at radius 2 is 2.40 bits per heavy atom. The van der Waals surface area contributed by atoms with Crippen LogP contribution in [-0.2, 0) is 4.79 Å². The lowest BCUT2D eigenvalue weighted by Crippen LogP contribution is -2.21. The Balaban J connectivity index is 3.34. The van der Waals surface area contributed by atoms with Gasteiger partial charge in [0.1, 0.15) is 0 Å². The summed E-state index contributed by atoms with van der Waals surface area (Å²) in [4.78, 5) is 10.7. The number of carbonyl (C=O) groups is 1. The number of amides is 1. The first-order valence-corrected chi connectivity index (χ1v) is 3.85. The van der Waals surface area contributed by atoms with Crippen molar-refractivity contribution in [2.24, 2.45) is 0 Å². The summed E-state index contributed by atoms with van der Waals surface area (Å²) in [6.45, 7) is 2.73. The van der Waals surface area contributed by atoms with E-state index in [9.17, 15) is 4.79 Å². The van der Waals surface area contributed by atoms with E-state index in [1.807, 2.05) is 6.92 Å². The third-order valence-electron chi connectivity index (χ3n) is 0.908. The van der Waals surface area contributed by atoms with Crippen molar-refractivity contribution in [3.8, 4) is 0 Å². The normalized spacial score (nSPS) is 10.2. The minimum absolute atomic E-state index is 0.0671. The molecule has 1 amide bonds. The third-order valence-corrected chi connectivity index (χ3v) is 1.09. The standard InChI is InChI=1S/C7H12ClNO/c1-2-6-9-7(10)4-3-5-8/h3-4H,2,5-6H2,1H3,(H,9,10)/b4-3+. The van der Waals surface area contributed by atoms with Gasteiger partial charge in [-0.2, -0.15) is 0 Å². The Hall–Kier alpha value is -0.500. The fourth-order valence-corrected chi connectivity index (χ4v) is 0.548. The molecule has 0 heterocycles. The molecule has 0 aliphatic heterocycles. The van der Waals surface area contributed by atoms with Gasteiger partial charge in [-0.25, -0.2) is 0 Å². The highest BCUT2D eigenvalue weighted by molar-refractivity contribution is 6.19. The molecule has 0 saturated heterocycles. The van der Waals surface area contributed by atoms with Gasteiger partial charge >= 0.3 is 0 Å². The number of carbonyl (C=O) groups excluding carboxylic acids is 1. The van der Waals surface area contributed by atoms with Gasteiger partial charge in [0.2, 0.25) is 5.91 Å². The molecule has 2 nitrogen and oxygen atoms in total. The number of nitrogens with one attached hydrogen (secondary N) is 1. The van der Waals surface area contributed by atoms with E-state index in [0.29, 0.717) is 5.88 Å². The van der Waals surface area contributed by atoms with Gasteiger partial charge in [0.15, 0.2) is 0 Å². The summed E-state index contributed by atoms with van der Waals surface area (Å²) in [7, 11) is 0. The molecule has 0 unspecified atom stereocenters. The van der Waals surface area contributed by atoms with Crippen molar-refractivity contribution in [3.05, 3.63) is 12.2 Å². The van der Waals surface area contributed by atoms with Crippen LogP contribution in [0.4, 0.5) is 0 Å². The lowest BCUT2D eigenvalue weighted by atomic mass is 10.4. The Morgan fingerprint density at radius 1 is 1.70 bits per heavy atom. The van der Waals surface area contributed by atoms with Gasteiger partial charge in [0.05, 0.1) is 0 Å². The maximum absolute atomic E-state index is 10.7. The van der Waals surface area contributed by atoms with Crippen LogP contribution in [0, 0.1) is 0 Å². The molecule has 58 valence electrons. The smallest absolute Gasteiger partial charge is 0.243 e. The average molecular weight is 162 g/mol. The Bertz CT molecular complexity index is 123. The van der Waals surface area contributed by atoms with E-state index >= 15 is 0 Å². The molecule has 0 radical (unpaired) electrons. The van der Waals surface area contributed by atoms with Gasteiger partial charge in [-0.05, 0) is 6.42 Å². The molecule has 10 heavy (non-hydrogen) atoms. The van der Waals surface area contributed by atoms with Crippen LogP contribution in [0.2, 0.25) is 0 Å². The van der Waals surface area contributed by atoms with E-state index in [2.05, 4.69) is 5.32 Å². The predicted molar refractivity (Wildman–Crippen MR) is 43.2 cm³/mol. The van der Waals surface area contributed by atoms with E-state index in [0.717, 1.165) is 13.0 Å². The third kappa shape index (κ3) is 5.63. The van der Waals surface area contributed by atoms with Crippen LogP contribution < -0.4 is 5.32 Å². The van der Waals surface area contributed by atoms with Crippen LogP contribution >= 0.6 is 11.6 Å². The van der Waals surface area contributed by atoms with E-state index in [-0.39, 0.29) is 5.91 Å². The highest BCUT2D eigenvalue weighted by atomic mass is 35.5. The van der Waals surface area contributed by atoms with Crippen molar-refractivity contribution in [1.82, 2.24) is 5.32 Å². The quantitative estimate of drug-likeness (QED) is 0.489. The molecule has 0 saturated carbocycles. The van der Waals surface area contributed by atoms with Crippen LogP contribution in [0.25, 0.3) is 0 Å². The summed E-state index contributed by atoms with van der Waals surface area (Å²) in [6, 6.07) is 0. The average Bonchev–Trinajstić information content (AvgIpc) is 1.97. The van der Waals surface area contributed by atoms with Crippen molar-refractivity contribution in [2.45, 2.75) is 13.3 Å². The molecule has 0 spiro atoms. The van der Waals surface area contributed by atoms with Crippen LogP contribution in [0.3, 0.4) is 0 Å². The molecule has 0 rings (SSSR count). The predicted octanol–water partition coefficient (Wildman–Crippen LogP) is 1.31. The number of allylic oxidation sites excluding steroid dienone is 1. The summed E-state index contributed by atoms with van der Waals surface area (Å²) < 4.78 is 0. The maximum atomic E-state index is 10.7. The van der Waals surface area contributed by atoms with Crippen LogP contribution in [0.1, 0.15) is 13.3 Å². The van der Waals surface area contributed by atoms with Crippen molar-refractivity contribution in [2.75, 3.05) is 12.4 Å². The van der Waals surface area contributed by atoms with Gasteiger partial charge in [0, 0.05) is 18.5 Å². The number of rotatable bonds is 4. The van der Waals surface area contributed by atoms with E-state index < -0.39 is 0 Å². The van der Waals surface area contributed by atoms with Crippen molar-refractivity contribution in [3.63, 3.8) is 0 Å². The Kier molecular flexibility index (Phi) is 6.29. The first-order valence-electron chi connectivity index (χ1n) is 3.31. The zero-order valence-corrected chi connectivity index (χ0v) is 6.82. The second-order valence-electron chi connectivity index (χ2n) is 1.85. The first-order chi connectivity index (χ1) is 4.81. The molecule has 0 aromatic carbocycles. The molecule has 0 aromatic heterocycles. The molecule has 0 bridgehead atoms. The molecular formula is C7H12ClNO. The molecule has 0 fully saturated rings. The minimum atomic E-state index is -0.0671. The van der Waals surface area contributed by atoms with Gasteiger partial charge in [-0.3, -0.25) is 4.79 Å². The first kappa shape index (κ1) is 9.50. The lowest BCUT2D eigenvalue weighted by molar-refractivity contribution is -0.116. The summed E-state index contributed by atoms with van der Waals surface area (Å²) in [5.41, 5.74) is 0. The molecule has 1 N–H and O–H groups in total. The largest absolute Gasteiger partial charge is 0.353 e. The van der Waals surface area contributed by atoms with E-state index in [1.54, 1.807) is 6.08 Å². The molecule has 0 aromatic rings. The summed E-state index contributed by atoms with van der Waals surface area (Å²) >= 11 is 5.31. The minimum Gasteiger partial charge on any atom is -0.353 e. The monoisotopic (exact) mass is 161 g/mol. The van der Waals surface area contributed by atoms with Crippen molar-refractivity contribution >= 4 is 17.5 Å². The maximum Gasteiger partial charge on any atom is 0.243 e.